The van der Waals surface area contributed by atoms with Crippen LogP contribution in [0.25, 0.3) is 6.08 Å². The van der Waals surface area contributed by atoms with Gasteiger partial charge in [-0.25, -0.2) is 0 Å². The van der Waals surface area contributed by atoms with Gasteiger partial charge < -0.3 is 4.90 Å². The molecule has 3 aliphatic heterocycles. The molecule has 4 atom stereocenters. The van der Waals surface area contributed by atoms with E-state index in [9.17, 15) is 4.79 Å². The zero-order valence-electron chi connectivity index (χ0n) is 17.5. The molecule has 4 nitrogen and oxygen atoms in total. The Balaban J connectivity index is 1.29. The van der Waals surface area contributed by atoms with Crippen LogP contribution in [0.4, 0.5) is 0 Å². The molecule has 0 spiro atoms. The average Bonchev–Trinajstić information content (AvgIpc) is 2.78. The number of likely N-dealkylation sites (tertiary alicyclic amines) is 1. The fourth-order valence-corrected chi connectivity index (χ4v) is 6.46. The minimum Gasteiger partial charge on any atom is -0.342 e. The predicted octanol–water partition coefficient (Wildman–Crippen LogP) is 4.00. The first kappa shape index (κ1) is 20.0. The number of fused-ring (bicyclic) bond motifs is 6. The second-order valence-corrected chi connectivity index (χ2v) is 9.63. The Labute approximate surface area is 185 Å². The number of hydrogen-bond donors (Lipinski definition) is 1. The van der Waals surface area contributed by atoms with Crippen LogP contribution in [-0.4, -0.2) is 52.5 Å². The minimum absolute atomic E-state index is 0.145. The molecule has 1 aliphatic carbocycles. The topological polar surface area (TPSA) is 35.6 Å². The van der Waals surface area contributed by atoms with Crippen LogP contribution in [0.3, 0.4) is 0 Å². The maximum Gasteiger partial charge on any atom is 0.250 e. The third-order valence-electron chi connectivity index (χ3n) is 7.37. The number of carbonyl (C=O) groups is 1. The highest BCUT2D eigenvalue weighted by Gasteiger charge is 2.46. The SMILES string of the molecule is O=C(C=Cc1ccccc1)NC(=S)N1CCCC2=CC3CC(CN4CCCCC34)C21. The number of carbonyl (C=O) groups excluding carboxylic acids is 1. The Morgan fingerprint density at radius 3 is 2.87 bits per heavy atom. The monoisotopic (exact) mass is 421 g/mol. The van der Waals surface area contributed by atoms with Crippen molar-refractivity contribution in [3.63, 3.8) is 0 Å². The van der Waals surface area contributed by atoms with Crippen molar-refractivity contribution in [2.24, 2.45) is 11.8 Å². The largest absolute Gasteiger partial charge is 0.342 e. The van der Waals surface area contributed by atoms with Crippen molar-refractivity contribution in [2.75, 3.05) is 19.6 Å². The van der Waals surface area contributed by atoms with Crippen LogP contribution in [0.1, 0.15) is 44.1 Å². The molecule has 1 amide bonds. The lowest BCUT2D eigenvalue weighted by molar-refractivity contribution is -0.115. The summed E-state index contributed by atoms with van der Waals surface area (Å²) in [6, 6.07) is 11.0. The van der Waals surface area contributed by atoms with Gasteiger partial charge in [0.15, 0.2) is 5.11 Å². The lowest BCUT2D eigenvalue weighted by Gasteiger charge is -2.55. The van der Waals surface area contributed by atoms with E-state index >= 15 is 0 Å². The van der Waals surface area contributed by atoms with Crippen molar-refractivity contribution in [3.8, 4) is 0 Å². The maximum atomic E-state index is 12.5. The molecule has 3 saturated heterocycles. The van der Waals surface area contributed by atoms with E-state index in [-0.39, 0.29) is 5.91 Å². The van der Waals surface area contributed by atoms with Crippen LogP contribution in [0.2, 0.25) is 0 Å². The third-order valence-corrected chi connectivity index (χ3v) is 7.71. The van der Waals surface area contributed by atoms with Gasteiger partial charge in [0.1, 0.15) is 0 Å². The summed E-state index contributed by atoms with van der Waals surface area (Å²) < 4.78 is 0. The van der Waals surface area contributed by atoms with Crippen LogP contribution in [0, 0.1) is 11.8 Å². The fraction of sp³-hybridized carbons (Fsp3) is 0.520. The lowest BCUT2D eigenvalue weighted by atomic mass is 9.68. The second kappa shape index (κ2) is 8.64. The molecule has 1 N–H and O–H groups in total. The summed E-state index contributed by atoms with van der Waals surface area (Å²) in [7, 11) is 0. The van der Waals surface area contributed by atoms with Gasteiger partial charge in [-0.15, -0.1) is 0 Å². The molecule has 30 heavy (non-hydrogen) atoms. The minimum atomic E-state index is -0.145. The first-order chi connectivity index (χ1) is 14.7. The first-order valence-corrected chi connectivity index (χ1v) is 11.9. The molecule has 1 aromatic rings. The Morgan fingerprint density at radius 1 is 1.13 bits per heavy atom. The molecule has 5 rings (SSSR count). The van der Waals surface area contributed by atoms with Gasteiger partial charge in [0.2, 0.25) is 5.91 Å². The highest BCUT2D eigenvalue weighted by Crippen LogP contribution is 2.44. The summed E-state index contributed by atoms with van der Waals surface area (Å²) in [5.41, 5.74) is 2.59. The van der Waals surface area contributed by atoms with Gasteiger partial charge in [0.05, 0.1) is 6.04 Å². The van der Waals surface area contributed by atoms with Gasteiger partial charge >= 0.3 is 0 Å². The van der Waals surface area contributed by atoms with Gasteiger partial charge in [0.25, 0.3) is 0 Å². The number of nitrogens with zero attached hydrogens (tertiary/aromatic N) is 2. The van der Waals surface area contributed by atoms with Crippen LogP contribution in [0.15, 0.2) is 48.1 Å². The highest BCUT2D eigenvalue weighted by molar-refractivity contribution is 7.80. The summed E-state index contributed by atoms with van der Waals surface area (Å²) in [6.45, 7) is 3.37. The molecule has 5 heteroatoms. The summed E-state index contributed by atoms with van der Waals surface area (Å²) in [4.78, 5) is 17.5. The highest BCUT2D eigenvalue weighted by atomic mass is 32.1. The third kappa shape index (κ3) is 3.97. The van der Waals surface area contributed by atoms with Gasteiger partial charge in [-0.05, 0) is 74.3 Å². The zero-order valence-corrected chi connectivity index (χ0v) is 18.3. The predicted molar refractivity (Wildman–Crippen MR) is 125 cm³/mol. The lowest BCUT2D eigenvalue weighted by Crippen LogP contribution is -2.61. The molecule has 4 aliphatic rings. The smallest absolute Gasteiger partial charge is 0.250 e. The normalized spacial score (nSPS) is 30.9. The molecule has 3 heterocycles. The molecular formula is C25H31N3OS. The van der Waals surface area contributed by atoms with Crippen molar-refractivity contribution >= 4 is 29.3 Å². The van der Waals surface area contributed by atoms with Crippen molar-refractivity contribution < 1.29 is 4.79 Å². The summed E-state index contributed by atoms with van der Waals surface area (Å²) in [5.74, 6) is 1.19. The van der Waals surface area contributed by atoms with E-state index in [1.807, 2.05) is 36.4 Å². The number of piperidine rings is 3. The number of amides is 1. The average molecular weight is 422 g/mol. The number of hydrogen-bond acceptors (Lipinski definition) is 3. The maximum absolute atomic E-state index is 12.5. The van der Waals surface area contributed by atoms with Crippen molar-refractivity contribution in [2.45, 2.75) is 50.6 Å². The Morgan fingerprint density at radius 2 is 2.00 bits per heavy atom. The summed E-state index contributed by atoms with van der Waals surface area (Å²) in [6.07, 6.45) is 13.7. The molecule has 4 unspecified atom stereocenters. The first-order valence-electron chi connectivity index (χ1n) is 11.5. The molecule has 3 fully saturated rings. The molecule has 0 aromatic heterocycles. The van der Waals surface area contributed by atoms with E-state index in [2.05, 4.69) is 21.2 Å². The number of nitrogens with one attached hydrogen (secondary N) is 1. The van der Waals surface area contributed by atoms with Crippen molar-refractivity contribution in [1.82, 2.24) is 15.1 Å². The Kier molecular flexibility index (Phi) is 5.74. The van der Waals surface area contributed by atoms with Crippen LogP contribution in [-0.2, 0) is 4.79 Å². The van der Waals surface area contributed by atoms with Crippen molar-refractivity contribution in [3.05, 3.63) is 53.6 Å². The van der Waals surface area contributed by atoms with Crippen LogP contribution >= 0.6 is 12.2 Å². The van der Waals surface area contributed by atoms with Crippen LogP contribution < -0.4 is 5.32 Å². The zero-order chi connectivity index (χ0) is 20.5. The van der Waals surface area contributed by atoms with Gasteiger partial charge in [-0.1, -0.05) is 48.4 Å². The molecule has 2 bridgehead atoms. The second-order valence-electron chi connectivity index (χ2n) is 9.24. The molecular weight excluding hydrogens is 390 g/mol. The number of rotatable bonds is 2. The fourth-order valence-electron chi connectivity index (χ4n) is 6.16. The summed E-state index contributed by atoms with van der Waals surface area (Å²) in [5, 5.41) is 3.56. The molecule has 0 saturated carbocycles. The van der Waals surface area contributed by atoms with E-state index in [0.29, 0.717) is 23.0 Å². The van der Waals surface area contributed by atoms with Crippen LogP contribution in [0.5, 0.6) is 0 Å². The molecule has 0 radical (unpaired) electrons. The molecule has 158 valence electrons. The van der Waals surface area contributed by atoms with Gasteiger partial charge in [-0.3, -0.25) is 15.0 Å². The van der Waals surface area contributed by atoms with E-state index in [0.717, 1.165) is 24.6 Å². The summed E-state index contributed by atoms with van der Waals surface area (Å²) >= 11 is 5.73. The van der Waals surface area contributed by atoms with E-state index < -0.39 is 0 Å². The molecule has 1 aromatic carbocycles. The van der Waals surface area contributed by atoms with E-state index in [4.69, 9.17) is 12.2 Å². The van der Waals surface area contributed by atoms with E-state index in [1.54, 1.807) is 11.6 Å². The Bertz CT molecular complexity index is 864. The standard InChI is InChI=1S/C25H31N3OS/c29-23(12-11-18-7-2-1-3-8-18)26-25(30)28-14-6-9-19-15-20-16-21(24(19)28)17-27-13-5-4-10-22(20)27/h1-3,7-8,11-12,15,20-22,24H,4-6,9-10,13-14,16-17H2,(H,26,29,30). The number of benzene rings is 1. The van der Waals surface area contributed by atoms with Crippen molar-refractivity contribution in [1.29, 1.82) is 0 Å². The van der Waals surface area contributed by atoms with E-state index in [1.165, 1.54) is 45.2 Å². The number of thiocarbonyl (C=S) groups is 1. The Hall–Kier alpha value is -1.98. The van der Waals surface area contributed by atoms with Gasteiger partial charge in [0, 0.05) is 25.2 Å². The quantitative estimate of drug-likeness (QED) is 0.445. The van der Waals surface area contributed by atoms with Gasteiger partial charge in [-0.2, -0.15) is 0 Å².